The first-order chi connectivity index (χ1) is 11.3. The molecule has 11 heteroatoms. The molecular weight excluding hydrogens is 362 g/mol. The van der Waals surface area contributed by atoms with E-state index in [0.717, 1.165) is 0 Å². The Morgan fingerprint density at radius 2 is 1.92 bits per heavy atom. The number of ether oxygens (including phenoxy) is 1. The fourth-order valence-electron chi connectivity index (χ4n) is 1.60. The maximum absolute atomic E-state index is 11.5. The van der Waals surface area contributed by atoms with E-state index in [2.05, 4.69) is 10.0 Å². The molecule has 0 aromatic heterocycles. The number of halogens is 1. The van der Waals surface area contributed by atoms with E-state index >= 15 is 0 Å². The molecule has 9 nitrogen and oxygen atoms in total. The number of hydrogen-bond acceptors (Lipinski definition) is 6. The molecule has 1 aromatic carbocycles. The van der Waals surface area contributed by atoms with E-state index in [1.165, 1.54) is 24.3 Å². The smallest absolute Gasteiger partial charge is 0.407 e. The summed E-state index contributed by atoms with van der Waals surface area (Å²) in [7, 11) is -3.39. The highest BCUT2D eigenvalue weighted by atomic mass is 35.5. The summed E-state index contributed by atoms with van der Waals surface area (Å²) in [4.78, 5) is 21.4. The van der Waals surface area contributed by atoms with Crippen molar-refractivity contribution in [1.82, 2.24) is 10.0 Å². The zero-order chi connectivity index (χ0) is 18.0. The van der Waals surface area contributed by atoms with Crippen molar-refractivity contribution >= 4 is 33.4 Å². The first kappa shape index (κ1) is 20.1. The molecule has 0 saturated heterocycles. The lowest BCUT2D eigenvalue weighted by Gasteiger charge is -2.08. The third-order valence-corrected chi connectivity index (χ3v) is 4.52. The third-order valence-electron chi connectivity index (χ3n) is 2.78. The van der Waals surface area contributed by atoms with Crippen LogP contribution >= 0.6 is 11.6 Å². The molecule has 0 unspecified atom stereocenters. The van der Waals surface area contributed by atoms with Crippen LogP contribution in [-0.4, -0.2) is 44.2 Å². The number of nitrogens with zero attached hydrogens (tertiary/aromatic N) is 1. The SMILES string of the molecule is O=C(NCCNS(=O)(=O)CCCCl)OCc1ccc([N+](=O)[O-])cc1. The first-order valence-electron chi connectivity index (χ1n) is 7.01. The lowest BCUT2D eigenvalue weighted by atomic mass is 10.2. The van der Waals surface area contributed by atoms with Gasteiger partial charge in [0, 0.05) is 31.1 Å². The van der Waals surface area contributed by atoms with Crippen molar-refractivity contribution < 1.29 is 22.9 Å². The quantitative estimate of drug-likeness (QED) is 0.273. The molecule has 0 fully saturated rings. The maximum Gasteiger partial charge on any atom is 0.407 e. The Labute approximate surface area is 144 Å². The Hall–Kier alpha value is -1.91. The fraction of sp³-hybridized carbons (Fsp3) is 0.462. The van der Waals surface area contributed by atoms with Gasteiger partial charge in [-0.1, -0.05) is 0 Å². The second kappa shape index (κ2) is 10.1. The largest absolute Gasteiger partial charge is 0.445 e. The van der Waals surface area contributed by atoms with Gasteiger partial charge in [-0.25, -0.2) is 17.9 Å². The Balaban J connectivity index is 2.23. The molecule has 1 rings (SSSR count). The van der Waals surface area contributed by atoms with Crippen molar-refractivity contribution in [1.29, 1.82) is 0 Å². The van der Waals surface area contributed by atoms with Crippen molar-refractivity contribution in [3.05, 3.63) is 39.9 Å². The Bertz CT molecular complexity index is 650. The lowest BCUT2D eigenvalue weighted by molar-refractivity contribution is -0.384. The molecular formula is C13H18ClN3O6S. The summed E-state index contributed by atoms with van der Waals surface area (Å²) in [5, 5.41) is 12.9. The molecule has 1 aromatic rings. The Morgan fingerprint density at radius 3 is 2.50 bits per heavy atom. The number of nitrogens with one attached hydrogen (secondary N) is 2. The molecule has 134 valence electrons. The zero-order valence-corrected chi connectivity index (χ0v) is 14.3. The Kier molecular flexibility index (Phi) is 8.44. The maximum atomic E-state index is 11.5. The number of nitro groups is 1. The second-order valence-corrected chi connectivity index (χ2v) is 6.99. The number of benzene rings is 1. The monoisotopic (exact) mass is 379 g/mol. The van der Waals surface area contributed by atoms with E-state index in [0.29, 0.717) is 12.0 Å². The molecule has 0 aliphatic rings. The van der Waals surface area contributed by atoms with Crippen LogP contribution in [0.2, 0.25) is 0 Å². The number of sulfonamides is 1. The molecule has 0 saturated carbocycles. The second-order valence-electron chi connectivity index (χ2n) is 4.68. The number of alkyl halides is 1. The van der Waals surface area contributed by atoms with E-state index in [1.807, 2.05) is 0 Å². The standard InChI is InChI=1S/C13H18ClN3O6S/c14-6-1-9-24(21,22)16-8-7-15-13(18)23-10-11-2-4-12(5-3-11)17(19)20/h2-5,16H,1,6-10H2,(H,15,18). The number of nitro benzene ring substituents is 1. The van der Waals surface area contributed by atoms with Gasteiger partial charge in [-0.3, -0.25) is 10.1 Å². The van der Waals surface area contributed by atoms with Crippen molar-refractivity contribution in [3.63, 3.8) is 0 Å². The predicted molar refractivity (Wildman–Crippen MR) is 88.4 cm³/mol. The summed E-state index contributed by atoms with van der Waals surface area (Å²) >= 11 is 5.42. The van der Waals surface area contributed by atoms with Crippen LogP contribution in [0.25, 0.3) is 0 Å². The number of carbonyl (C=O) groups is 1. The van der Waals surface area contributed by atoms with Crippen molar-refractivity contribution in [2.24, 2.45) is 0 Å². The van der Waals surface area contributed by atoms with Gasteiger partial charge in [-0.15, -0.1) is 11.6 Å². The van der Waals surface area contributed by atoms with Gasteiger partial charge in [0.15, 0.2) is 0 Å². The van der Waals surface area contributed by atoms with E-state index in [4.69, 9.17) is 16.3 Å². The number of hydrogen-bond donors (Lipinski definition) is 2. The van der Waals surface area contributed by atoms with Crippen LogP contribution in [0.5, 0.6) is 0 Å². The van der Waals surface area contributed by atoms with Gasteiger partial charge in [-0.05, 0) is 24.1 Å². The summed E-state index contributed by atoms with van der Waals surface area (Å²) in [6, 6.07) is 5.59. The average molecular weight is 380 g/mol. The minimum absolute atomic E-state index is 0.0389. The number of alkyl carbamates (subject to hydrolysis) is 1. The number of carbonyl (C=O) groups excluding carboxylic acids is 1. The van der Waals surface area contributed by atoms with Gasteiger partial charge in [0.05, 0.1) is 10.7 Å². The van der Waals surface area contributed by atoms with Crippen molar-refractivity contribution in [2.45, 2.75) is 13.0 Å². The summed E-state index contributed by atoms with van der Waals surface area (Å²) in [6.07, 6.45) is -0.366. The van der Waals surface area contributed by atoms with E-state index in [1.54, 1.807) is 0 Å². The van der Waals surface area contributed by atoms with E-state index in [-0.39, 0.29) is 37.0 Å². The molecule has 1 amide bonds. The molecule has 0 aliphatic heterocycles. The molecule has 0 heterocycles. The average Bonchev–Trinajstić information content (AvgIpc) is 2.55. The minimum Gasteiger partial charge on any atom is -0.445 e. The highest BCUT2D eigenvalue weighted by Gasteiger charge is 2.09. The van der Waals surface area contributed by atoms with Gasteiger partial charge in [0.25, 0.3) is 5.69 Å². The van der Waals surface area contributed by atoms with Crippen LogP contribution in [-0.2, 0) is 21.4 Å². The lowest BCUT2D eigenvalue weighted by Crippen LogP contribution is -2.36. The molecule has 2 N–H and O–H groups in total. The summed E-state index contributed by atoms with van der Waals surface area (Å²) in [6.45, 7) is 0.0573. The molecule has 0 aliphatic carbocycles. The van der Waals surface area contributed by atoms with Crippen molar-refractivity contribution in [2.75, 3.05) is 24.7 Å². The summed E-state index contributed by atoms with van der Waals surface area (Å²) in [5.41, 5.74) is 0.544. The topological polar surface area (TPSA) is 128 Å². The number of non-ortho nitro benzene ring substituents is 1. The van der Waals surface area contributed by atoms with Crippen LogP contribution in [0, 0.1) is 10.1 Å². The third kappa shape index (κ3) is 8.09. The fourth-order valence-corrected chi connectivity index (χ4v) is 2.98. The van der Waals surface area contributed by atoms with Crippen molar-refractivity contribution in [3.8, 4) is 0 Å². The predicted octanol–water partition coefficient (Wildman–Crippen LogP) is 1.37. The van der Waals surface area contributed by atoms with Gasteiger partial charge in [0.2, 0.25) is 10.0 Å². The number of amides is 1. The van der Waals surface area contributed by atoms with Crippen LogP contribution in [0.3, 0.4) is 0 Å². The zero-order valence-electron chi connectivity index (χ0n) is 12.7. The minimum atomic E-state index is -3.39. The highest BCUT2D eigenvalue weighted by Crippen LogP contribution is 2.12. The molecule has 0 atom stereocenters. The highest BCUT2D eigenvalue weighted by molar-refractivity contribution is 7.89. The van der Waals surface area contributed by atoms with Crippen LogP contribution in [0.4, 0.5) is 10.5 Å². The Morgan fingerprint density at radius 1 is 1.25 bits per heavy atom. The van der Waals surface area contributed by atoms with Gasteiger partial charge < -0.3 is 10.1 Å². The normalized spacial score (nSPS) is 11.0. The van der Waals surface area contributed by atoms with Crippen LogP contribution < -0.4 is 10.0 Å². The number of rotatable bonds is 10. The summed E-state index contributed by atoms with van der Waals surface area (Å²) in [5.74, 6) is 0.190. The van der Waals surface area contributed by atoms with E-state index < -0.39 is 21.0 Å². The molecule has 0 spiro atoms. The molecule has 24 heavy (non-hydrogen) atoms. The molecule has 0 bridgehead atoms. The van der Waals surface area contributed by atoms with Crippen LogP contribution in [0.1, 0.15) is 12.0 Å². The van der Waals surface area contributed by atoms with Gasteiger partial charge in [-0.2, -0.15) is 0 Å². The van der Waals surface area contributed by atoms with Gasteiger partial charge in [0.1, 0.15) is 6.61 Å². The van der Waals surface area contributed by atoms with Crippen LogP contribution in [0.15, 0.2) is 24.3 Å². The molecule has 0 radical (unpaired) electrons. The van der Waals surface area contributed by atoms with Gasteiger partial charge >= 0.3 is 6.09 Å². The first-order valence-corrected chi connectivity index (χ1v) is 9.20. The summed E-state index contributed by atoms with van der Waals surface area (Å²) < 4.78 is 30.1. The van der Waals surface area contributed by atoms with E-state index in [9.17, 15) is 23.3 Å².